The molecule has 0 bridgehead atoms. The molecular formula is C21H22OP2. The molecule has 0 aromatic heterocycles. The third-order valence-corrected chi connectivity index (χ3v) is 5.21. The minimum Gasteiger partial charge on any atom is -0.376 e. The zero-order valence-corrected chi connectivity index (χ0v) is 16.3. The van der Waals surface area contributed by atoms with Crippen molar-refractivity contribution in [3.05, 3.63) is 94.5 Å². The predicted octanol–water partition coefficient (Wildman–Crippen LogP) is 3.59. The van der Waals surface area contributed by atoms with Crippen molar-refractivity contribution in [2.75, 3.05) is 0 Å². The van der Waals surface area contributed by atoms with Gasteiger partial charge in [0, 0.05) is 0 Å². The second-order valence-corrected chi connectivity index (χ2v) is 7.56. The van der Waals surface area contributed by atoms with E-state index in [-0.39, 0.29) is 0 Å². The first-order chi connectivity index (χ1) is 11.4. The minimum atomic E-state index is -1.19. The van der Waals surface area contributed by atoms with E-state index in [0.717, 1.165) is 38.4 Å². The molecule has 0 radical (unpaired) electrons. The number of hydrogen-bond acceptors (Lipinski definition) is 1. The van der Waals surface area contributed by atoms with Gasteiger partial charge in [-0.2, -0.15) is 0 Å². The van der Waals surface area contributed by atoms with Gasteiger partial charge in [0.2, 0.25) is 0 Å². The Balaban J connectivity index is 2.38. The van der Waals surface area contributed by atoms with Crippen LogP contribution in [0, 0.1) is 13.8 Å². The number of rotatable bonds is 3. The molecule has 122 valence electrons. The molecule has 3 heteroatoms. The fourth-order valence-electron chi connectivity index (χ4n) is 3.19. The highest BCUT2D eigenvalue weighted by molar-refractivity contribution is 7.27. The van der Waals surface area contributed by atoms with Gasteiger partial charge >= 0.3 is 0 Å². The van der Waals surface area contributed by atoms with E-state index in [2.05, 4.69) is 42.7 Å². The number of aliphatic hydroxyl groups is 1. The fourth-order valence-corrected chi connectivity index (χ4v) is 3.72. The summed E-state index contributed by atoms with van der Waals surface area (Å²) in [5, 5.41) is 14.1. The molecule has 1 nitrogen and oxygen atoms in total. The van der Waals surface area contributed by atoms with Gasteiger partial charge in [-0.05, 0) is 64.4 Å². The van der Waals surface area contributed by atoms with Gasteiger partial charge < -0.3 is 5.11 Å². The van der Waals surface area contributed by atoms with Gasteiger partial charge in [-0.25, -0.2) is 0 Å². The summed E-state index contributed by atoms with van der Waals surface area (Å²) in [5.41, 5.74) is 3.67. The lowest BCUT2D eigenvalue weighted by Gasteiger charge is -2.33. The molecule has 2 unspecified atom stereocenters. The van der Waals surface area contributed by atoms with Crippen LogP contribution in [0.5, 0.6) is 0 Å². The number of aryl methyl sites for hydroxylation is 2. The Morgan fingerprint density at radius 3 is 1.62 bits per heavy atom. The van der Waals surface area contributed by atoms with E-state index in [1.54, 1.807) is 0 Å². The summed E-state index contributed by atoms with van der Waals surface area (Å²) in [5.74, 6) is 0. The molecule has 0 saturated carbocycles. The summed E-state index contributed by atoms with van der Waals surface area (Å²) in [6, 6.07) is 22.2. The van der Waals surface area contributed by atoms with E-state index in [9.17, 15) is 5.11 Å². The van der Waals surface area contributed by atoms with Crippen molar-refractivity contribution in [2.24, 2.45) is 0 Å². The molecule has 0 aliphatic rings. The van der Waals surface area contributed by atoms with Gasteiger partial charge in [0.25, 0.3) is 0 Å². The second kappa shape index (κ2) is 6.77. The van der Waals surface area contributed by atoms with Crippen LogP contribution in [-0.2, 0) is 5.60 Å². The van der Waals surface area contributed by atoms with E-state index in [1.165, 1.54) is 0 Å². The normalized spacial score (nSPS) is 11.5. The van der Waals surface area contributed by atoms with Crippen LogP contribution in [0.15, 0.2) is 66.7 Å². The van der Waals surface area contributed by atoms with Crippen LogP contribution < -0.4 is 10.6 Å². The molecule has 2 atom stereocenters. The first-order valence-electron chi connectivity index (χ1n) is 7.94. The topological polar surface area (TPSA) is 20.2 Å². The quantitative estimate of drug-likeness (QED) is 0.564. The Labute approximate surface area is 148 Å². The molecule has 3 aromatic carbocycles. The van der Waals surface area contributed by atoms with Gasteiger partial charge in [0.15, 0.2) is 0 Å². The number of benzene rings is 3. The van der Waals surface area contributed by atoms with Crippen LogP contribution in [-0.4, -0.2) is 5.11 Å². The molecular weight excluding hydrogens is 330 g/mol. The Kier molecular flexibility index (Phi) is 4.88. The molecule has 0 aliphatic carbocycles. The molecule has 3 rings (SSSR count). The van der Waals surface area contributed by atoms with E-state index < -0.39 is 5.60 Å². The highest BCUT2D eigenvalue weighted by Gasteiger charge is 2.36. The molecule has 0 saturated heterocycles. The van der Waals surface area contributed by atoms with Gasteiger partial charge in [-0.3, -0.25) is 0 Å². The molecule has 0 amide bonds. The van der Waals surface area contributed by atoms with Gasteiger partial charge in [0.05, 0.1) is 0 Å². The smallest absolute Gasteiger partial charge is 0.141 e. The lowest BCUT2D eigenvalue weighted by atomic mass is 9.77. The lowest BCUT2D eigenvalue weighted by Crippen LogP contribution is -2.32. The van der Waals surface area contributed by atoms with Crippen molar-refractivity contribution in [1.29, 1.82) is 0 Å². The second-order valence-electron chi connectivity index (χ2n) is 6.23. The third-order valence-electron chi connectivity index (χ3n) is 4.49. The Morgan fingerprint density at radius 2 is 1.17 bits per heavy atom. The van der Waals surface area contributed by atoms with Gasteiger partial charge in [-0.15, -0.1) is 18.5 Å². The maximum Gasteiger partial charge on any atom is 0.141 e. The van der Waals surface area contributed by atoms with E-state index >= 15 is 0 Å². The Bertz CT molecular complexity index is 821. The maximum absolute atomic E-state index is 12.0. The standard InChI is InChI=1S/C21H22OP2/c1-14-8-10-17(23)12-19(14)21(22,16-6-4-3-5-7-16)20-13-18(24)11-9-15(20)2/h3-13,22H,23-24H2,1-2H3. The summed E-state index contributed by atoms with van der Waals surface area (Å²) < 4.78 is 0. The van der Waals surface area contributed by atoms with Crippen LogP contribution in [0.3, 0.4) is 0 Å². The van der Waals surface area contributed by atoms with Gasteiger partial charge in [0.1, 0.15) is 5.60 Å². The lowest BCUT2D eigenvalue weighted by molar-refractivity contribution is 0.124. The molecule has 0 fully saturated rings. The largest absolute Gasteiger partial charge is 0.376 e. The Morgan fingerprint density at radius 1 is 0.708 bits per heavy atom. The Hall–Kier alpha value is -1.52. The first-order valence-corrected chi connectivity index (χ1v) is 9.09. The average Bonchev–Trinajstić information content (AvgIpc) is 2.59. The summed E-state index contributed by atoms with van der Waals surface area (Å²) in [4.78, 5) is 0. The van der Waals surface area contributed by atoms with Crippen LogP contribution in [0.4, 0.5) is 0 Å². The highest BCUT2D eigenvalue weighted by atomic mass is 31.0. The summed E-state index contributed by atoms with van der Waals surface area (Å²) >= 11 is 0. The zero-order chi connectivity index (χ0) is 17.3. The van der Waals surface area contributed by atoms with Crippen molar-refractivity contribution in [2.45, 2.75) is 19.4 Å². The van der Waals surface area contributed by atoms with Crippen molar-refractivity contribution in [3.63, 3.8) is 0 Å². The van der Waals surface area contributed by atoms with Crippen molar-refractivity contribution >= 4 is 29.1 Å². The third kappa shape index (κ3) is 3.05. The predicted molar refractivity (Wildman–Crippen MR) is 110 cm³/mol. The first kappa shape index (κ1) is 17.3. The van der Waals surface area contributed by atoms with Crippen molar-refractivity contribution < 1.29 is 5.11 Å². The molecule has 0 spiro atoms. The molecule has 24 heavy (non-hydrogen) atoms. The molecule has 1 N–H and O–H groups in total. The van der Waals surface area contributed by atoms with Crippen molar-refractivity contribution in [3.8, 4) is 0 Å². The summed E-state index contributed by atoms with van der Waals surface area (Å²) in [6.45, 7) is 4.10. The van der Waals surface area contributed by atoms with E-state index in [1.807, 2.05) is 56.3 Å². The van der Waals surface area contributed by atoms with Crippen LogP contribution in [0.1, 0.15) is 27.8 Å². The van der Waals surface area contributed by atoms with E-state index in [4.69, 9.17) is 0 Å². The fraction of sp³-hybridized carbons (Fsp3) is 0.143. The SMILES string of the molecule is Cc1ccc(P)cc1C(O)(c1ccccc1)c1cc(P)ccc1C. The average molecular weight is 352 g/mol. The maximum atomic E-state index is 12.0. The molecule has 3 aromatic rings. The molecule has 0 aliphatic heterocycles. The minimum absolute atomic E-state index is 0.877. The van der Waals surface area contributed by atoms with Crippen LogP contribution in [0.25, 0.3) is 0 Å². The summed E-state index contributed by atoms with van der Waals surface area (Å²) in [6.07, 6.45) is 0. The van der Waals surface area contributed by atoms with Crippen LogP contribution >= 0.6 is 18.5 Å². The van der Waals surface area contributed by atoms with Crippen molar-refractivity contribution in [1.82, 2.24) is 0 Å². The van der Waals surface area contributed by atoms with Crippen LogP contribution in [0.2, 0.25) is 0 Å². The van der Waals surface area contributed by atoms with E-state index in [0.29, 0.717) is 0 Å². The summed E-state index contributed by atoms with van der Waals surface area (Å²) in [7, 11) is 5.45. The zero-order valence-electron chi connectivity index (χ0n) is 14.0. The monoisotopic (exact) mass is 352 g/mol. The molecule has 0 heterocycles. The number of hydrogen-bond donors (Lipinski definition) is 1. The highest BCUT2D eigenvalue weighted by Crippen LogP contribution is 2.39. The van der Waals surface area contributed by atoms with Gasteiger partial charge in [-0.1, -0.05) is 54.6 Å².